The van der Waals surface area contributed by atoms with Crippen LogP contribution in [0, 0.1) is 5.92 Å². The van der Waals surface area contributed by atoms with Crippen LogP contribution in [0.25, 0.3) is 0 Å². The third-order valence-electron chi connectivity index (χ3n) is 4.46. The maximum absolute atomic E-state index is 12.6. The molecule has 1 aromatic carbocycles. The lowest BCUT2D eigenvalue weighted by Crippen LogP contribution is -2.53. The molecule has 2 unspecified atom stereocenters. The number of amides is 2. The Balaban J connectivity index is 2.88. The van der Waals surface area contributed by atoms with Crippen molar-refractivity contribution in [2.24, 2.45) is 17.4 Å². The summed E-state index contributed by atoms with van der Waals surface area (Å²) >= 11 is 0. The maximum Gasteiger partial charge on any atom is 0.240 e. The van der Waals surface area contributed by atoms with Gasteiger partial charge in [0.25, 0.3) is 0 Å². The van der Waals surface area contributed by atoms with Crippen LogP contribution in [0.15, 0.2) is 24.3 Å². The van der Waals surface area contributed by atoms with Crippen molar-refractivity contribution >= 4 is 11.8 Å². The van der Waals surface area contributed by atoms with Gasteiger partial charge in [-0.05, 0) is 44.4 Å². The summed E-state index contributed by atoms with van der Waals surface area (Å²) in [6.45, 7) is 9.83. The van der Waals surface area contributed by atoms with Gasteiger partial charge in [0, 0.05) is 13.5 Å². The van der Waals surface area contributed by atoms with E-state index in [0.29, 0.717) is 6.42 Å². The molecular weight excluding hydrogens is 330 g/mol. The molecule has 0 radical (unpaired) electrons. The first-order chi connectivity index (χ1) is 12.0. The Labute approximate surface area is 156 Å². The minimum absolute atomic E-state index is 0.0345. The molecule has 0 bridgehead atoms. The standard InChI is InChI=1S/C20H33N3O3/c1-7-13(2)17(21)19(25)23(6)16(18(22)24)12-14-8-10-15(11-9-14)26-20(3,4)5/h8-11,13,16-17H,7,12,21H2,1-6H3,(H2,22,24)/t13?,16?,17-/m0/s1. The Bertz CT molecular complexity index is 608. The zero-order valence-corrected chi connectivity index (χ0v) is 16.8. The van der Waals surface area contributed by atoms with E-state index in [0.717, 1.165) is 17.7 Å². The molecule has 0 aliphatic rings. The van der Waals surface area contributed by atoms with E-state index in [1.54, 1.807) is 7.05 Å². The molecule has 0 saturated carbocycles. The van der Waals surface area contributed by atoms with Crippen LogP contribution >= 0.6 is 0 Å². The number of likely N-dealkylation sites (N-methyl/N-ethyl adjacent to an activating group) is 1. The molecule has 6 heteroatoms. The molecular formula is C20H33N3O3. The van der Waals surface area contributed by atoms with Crippen LogP contribution in [0.1, 0.15) is 46.6 Å². The van der Waals surface area contributed by atoms with Gasteiger partial charge in [-0.1, -0.05) is 32.4 Å². The van der Waals surface area contributed by atoms with Gasteiger partial charge in [0.1, 0.15) is 17.4 Å². The van der Waals surface area contributed by atoms with Crippen molar-refractivity contribution in [2.45, 2.75) is 65.1 Å². The molecule has 0 spiro atoms. The summed E-state index contributed by atoms with van der Waals surface area (Å²) < 4.78 is 5.79. The average molecular weight is 364 g/mol. The van der Waals surface area contributed by atoms with E-state index in [4.69, 9.17) is 16.2 Å². The van der Waals surface area contributed by atoms with Gasteiger partial charge < -0.3 is 21.1 Å². The summed E-state index contributed by atoms with van der Waals surface area (Å²) in [7, 11) is 1.58. The van der Waals surface area contributed by atoms with E-state index in [-0.39, 0.29) is 17.4 Å². The number of nitrogens with two attached hydrogens (primary N) is 2. The summed E-state index contributed by atoms with van der Waals surface area (Å²) in [6, 6.07) is 6.08. The van der Waals surface area contributed by atoms with Crippen LogP contribution in [0.5, 0.6) is 5.75 Å². The van der Waals surface area contributed by atoms with E-state index >= 15 is 0 Å². The second-order valence-corrected chi connectivity index (χ2v) is 7.84. The second-order valence-electron chi connectivity index (χ2n) is 7.84. The predicted octanol–water partition coefficient (Wildman–Crippen LogP) is 2.09. The van der Waals surface area contributed by atoms with E-state index < -0.39 is 18.0 Å². The Morgan fingerprint density at radius 3 is 2.15 bits per heavy atom. The summed E-state index contributed by atoms with van der Waals surface area (Å²) in [5.74, 6) is -0.0320. The number of benzene rings is 1. The highest BCUT2D eigenvalue weighted by Crippen LogP contribution is 2.20. The SMILES string of the molecule is CCC(C)[C@H](N)C(=O)N(C)C(Cc1ccc(OC(C)(C)C)cc1)C(N)=O. The number of hydrogen-bond donors (Lipinski definition) is 2. The summed E-state index contributed by atoms with van der Waals surface area (Å²) in [5.41, 5.74) is 12.2. The van der Waals surface area contributed by atoms with Gasteiger partial charge >= 0.3 is 0 Å². The number of rotatable bonds is 8. The lowest BCUT2D eigenvalue weighted by Gasteiger charge is -2.30. The molecule has 2 amide bonds. The fourth-order valence-electron chi connectivity index (χ4n) is 2.58. The highest BCUT2D eigenvalue weighted by Gasteiger charge is 2.30. The highest BCUT2D eigenvalue weighted by molar-refractivity contribution is 5.89. The Kier molecular flexibility index (Phi) is 7.63. The first-order valence-electron chi connectivity index (χ1n) is 9.05. The first-order valence-corrected chi connectivity index (χ1v) is 9.05. The minimum Gasteiger partial charge on any atom is -0.488 e. The van der Waals surface area contributed by atoms with E-state index in [2.05, 4.69) is 0 Å². The van der Waals surface area contributed by atoms with Gasteiger partial charge in [-0.25, -0.2) is 0 Å². The van der Waals surface area contributed by atoms with Gasteiger partial charge in [0.2, 0.25) is 11.8 Å². The largest absolute Gasteiger partial charge is 0.488 e. The van der Waals surface area contributed by atoms with Crippen LogP contribution in [0.4, 0.5) is 0 Å². The van der Waals surface area contributed by atoms with Crippen molar-refractivity contribution in [1.29, 1.82) is 0 Å². The molecule has 4 N–H and O–H groups in total. The normalized spacial score (nSPS) is 15.0. The van der Waals surface area contributed by atoms with E-state index in [9.17, 15) is 9.59 Å². The molecule has 0 aliphatic carbocycles. The second kappa shape index (κ2) is 9.03. The Morgan fingerprint density at radius 1 is 1.19 bits per heavy atom. The lowest BCUT2D eigenvalue weighted by molar-refractivity contribution is -0.139. The van der Waals surface area contributed by atoms with Crippen molar-refractivity contribution in [3.8, 4) is 5.75 Å². The summed E-state index contributed by atoms with van der Waals surface area (Å²) in [4.78, 5) is 25.9. The van der Waals surface area contributed by atoms with Crippen LogP contribution < -0.4 is 16.2 Å². The van der Waals surface area contributed by atoms with Crippen LogP contribution in [0.3, 0.4) is 0 Å². The van der Waals surface area contributed by atoms with E-state index in [1.807, 2.05) is 58.9 Å². The third kappa shape index (κ3) is 6.33. The third-order valence-corrected chi connectivity index (χ3v) is 4.46. The summed E-state index contributed by atoms with van der Waals surface area (Å²) in [6.07, 6.45) is 1.12. The molecule has 146 valence electrons. The molecule has 0 aromatic heterocycles. The zero-order chi connectivity index (χ0) is 20.1. The van der Waals surface area contributed by atoms with Gasteiger partial charge in [-0.15, -0.1) is 0 Å². The molecule has 0 heterocycles. The van der Waals surface area contributed by atoms with Gasteiger partial charge in [0.05, 0.1) is 6.04 Å². The molecule has 0 saturated heterocycles. The quantitative estimate of drug-likeness (QED) is 0.739. The summed E-state index contributed by atoms with van der Waals surface area (Å²) in [5, 5.41) is 0. The Hall–Kier alpha value is -2.08. The molecule has 3 atom stereocenters. The topological polar surface area (TPSA) is 98.7 Å². The van der Waals surface area contributed by atoms with Crippen molar-refractivity contribution in [1.82, 2.24) is 4.90 Å². The maximum atomic E-state index is 12.6. The van der Waals surface area contributed by atoms with Crippen molar-refractivity contribution in [2.75, 3.05) is 7.05 Å². The number of carbonyl (C=O) groups excluding carboxylic acids is 2. The van der Waals surface area contributed by atoms with E-state index in [1.165, 1.54) is 4.90 Å². The Morgan fingerprint density at radius 2 is 1.73 bits per heavy atom. The lowest BCUT2D eigenvalue weighted by atomic mass is 9.97. The van der Waals surface area contributed by atoms with Crippen LogP contribution in [0.2, 0.25) is 0 Å². The molecule has 0 fully saturated rings. The van der Waals surface area contributed by atoms with Crippen molar-refractivity contribution in [3.63, 3.8) is 0 Å². The predicted molar refractivity (Wildman–Crippen MR) is 104 cm³/mol. The molecule has 6 nitrogen and oxygen atoms in total. The monoisotopic (exact) mass is 363 g/mol. The van der Waals surface area contributed by atoms with Gasteiger partial charge in [-0.2, -0.15) is 0 Å². The minimum atomic E-state index is -0.744. The van der Waals surface area contributed by atoms with Gasteiger partial charge in [-0.3, -0.25) is 9.59 Å². The number of carbonyl (C=O) groups is 2. The highest BCUT2D eigenvalue weighted by atomic mass is 16.5. The zero-order valence-electron chi connectivity index (χ0n) is 16.8. The molecule has 26 heavy (non-hydrogen) atoms. The van der Waals surface area contributed by atoms with Crippen LogP contribution in [-0.4, -0.2) is 41.4 Å². The average Bonchev–Trinajstić information content (AvgIpc) is 2.56. The smallest absolute Gasteiger partial charge is 0.240 e. The number of nitrogens with zero attached hydrogens (tertiary/aromatic N) is 1. The number of ether oxygens (including phenoxy) is 1. The first kappa shape index (κ1) is 22.0. The molecule has 1 rings (SSSR count). The van der Waals surface area contributed by atoms with Crippen molar-refractivity contribution in [3.05, 3.63) is 29.8 Å². The van der Waals surface area contributed by atoms with Crippen LogP contribution in [-0.2, 0) is 16.0 Å². The number of hydrogen-bond acceptors (Lipinski definition) is 4. The molecule has 0 aliphatic heterocycles. The molecule has 1 aromatic rings. The number of primary amides is 1. The van der Waals surface area contributed by atoms with Crippen molar-refractivity contribution < 1.29 is 14.3 Å². The fourth-order valence-corrected chi connectivity index (χ4v) is 2.58. The fraction of sp³-hybridized carbons (Fsp3) is 0.600. The van der Waals surface area contributed by atoms with Gasteiger partial charge in [0.15, 0.2) is 0 Å².